The van der Waals surface area contributed by atoms with E-state index < -0.39 is 0 Å². The number of anilines is 1. The van der Waals surface area contributed by atoms with Gasteiger partial charge in [0.1, 0.15) is 0 Å². The maximum atomic E-state index is 6.37. The average molecular weight is 256 g/mol. The van der Waals surface area contributed by atoms with E-state index in [-0.39, 0.29) is 5.41 Å². The second-order valence-electron chi connectivity index (χ2n) is 5.00. The predicted molar refractivity (Wildman–Crippen MR) is 69.7 cm³/mol. The Morgan fingerprint density at radius 1 is 1.06 bits per heavy atom. The summed E-state index contributed by atoms with van der Waals surface area (Å²) in [4.78, 5) is 0. The van der Waals surface area contributed by atoms with Crippen molar-refractivity contribution in [1.29, 1.82) is 0 Å². The number of halogens is 2. The van der Waals surface area contributed by atoms with Gasteiger partial charge in [-0.25, -0.2) is 0 Å². The standard InChI is InChI=1S/C13H15Cl2N/c14-9-6-10(15)12-11(7-9)16-8-13(12)4-2-1-3-5-13/h6-7,16H,1-5,8H2. The molecule has 1 fully saturated rings. The van der Waals surface area contributed by atoms with Crippen molar-refractivity contribution in [3.8, 4) is 0 Å². The minimum Gasteiger partial charge on any atom is -0.384 e. The van der Waals surface area contributed by atoms with Gasteiger partial charge >= 0.3 is 0 Å². The van der Waals surface area contributed by atoms with Crippen molar-refractivity contribution in [1.82, 2.24) is 0 Å². The topological polar surface area (TPSA) is 12.0 Å². The highest BCUT2D eigenvalue weighted by molar-refractivity contribution is 6.35. The van der Waals surface area contributed by atoms with Crippen LogP contribution in [0.25, 0.3) is 0 Å². The molecule has 1 heterocycles. The molecule has 1 aliphatic carbocycles. The monoisotopic (exact) mass is 255 g/mol. The molecule has 1 N–H and O–H groups in total. The van der Waals surface area contributed by atoms with Crippen molar-refractivity contribution in [2.75, 3.05) is 11.9 Å². The Bertz CT molecular complexity index is 422. The third-order valence-corrected chi connectivity index (χ3v) is 4.53. The van der Waals surface area contributed by atoms with Gasteiger partial charge in [0.2, 0.25) is 0 Å². The minimum absolute atomic E-state index is 0.287. The molecule has 2 aliphatic rings. The first-order valence-electron chi connectivity index (χ1n) is 5.95. The van der Waals surface area contributed by atoms with Crippen LogP contribution in [0, 0.1) is 0 Å². The Morgan fingerprint density at radius 3 is 2.56 bits per heavy atom. The van der Waals surface area contributed by atoms with Gasteiger partial charge in [-0.1, -0.05) is 42.5 Å². The largest absolute Gasteiger partial charge is 0.384 e. The van der Waals surface area contributed by atoms with E-state index in [1.165, 1.54) is 37.7 Å². The number of nitrogens with one attached hydrogen (secondary N) is 1. The molecule has 1 aromatic carbocycles. The fourth-order valence-electron chi connectivity index (χ4n) is 3.26. The van der Waals surface area contributed by atoms with Crippen molar-refractivity contribution in [2.24, 2.45) is 0 Å². The van der Waals surface area contributed by atoms with Gasteiger partial charge < -0.3 is 5.32 Å². The summed E-state index contributed by atoms with van der Waals surface area (Å²) in [7, 11) is 0. The summed E-state index contributed by atoms with van der Waals surface area (Å²) < 4.78 is 0. The van der Waals surface area contributed by atoms with E-state index >= 15 is 0 Å². The lowest BCUT2D eigenvalue weighted by atomic mass is 9.71. The van der Waals surface area contributed by atoms with Crippen LogP contribution in [0.3, 0.4) is 0 Å². The molecule has 0 aromatic heterocycles. The second-order valence-corrected chi connectivity index (χ2v) is 5.85. The van der Waals surface area contributed by atoms with Gasteiger partial charge in [0.15, 0.2) is 0 Å². The summed E-state index contributed by atoms with van der Waals surface area (Å²) in [6, 6.07) is 3.89. The molecule has 0 unspecified atom stereocenters. The number of rotatable bonds is 0. The van der Waals surface area contributed by atoms with Crippen molar-refractivity contribution >= 4 is 28.9 Å². The van der Waals surface area contributed by atoms with Crippen molar-refractivity contribution in [3.05, 3.63) is 27.7 Å². The summed E-state index contributed by atoms with van der Waals surface area (Å²) in [5.41, 5.74) is 2.76. The number of benzene rings is 1. The molecule has 3 rings (SSSR count). The average Bonchev–Trinajstić information content (AvgIpc) is 2.58. The summed E-state index contributed by atoms with van der Waals surface area (Å²) in [5, 5.41) is 5.04. The summed E-state index contributed by atoms with van der Waals surface area (Å²) in [5.74, 6) is 0. The number of fused-ring (bicyclic) bond motifs is 2. The van der Waals surface area contributed by atoms with Gasteiger partial charge in [-0.15, -0.1) is 0 Å². The van der Waals surface area contributed by atoms with E-state index in [0.29, 0.717) is 0 Å². The predicted octanol–water partition coefficient (Wildman–Crippen LogP) is 4.62. The fraction of sp³-hybridized carbons (Fsp3) is 0.538. The van der Waals surface area contributed by atoms with Crippen LogP contribution in [0.4, 0.5) is 5.69 Å². The highest BCUT2D eigenvalue weighted by atomic mass is 35.5. The molecule has 0 radical (unpaired) electrons. The molecule has 1 nitrogen and oxygen atoms in total. The molecule has 3 heteroatoms. The van der Waals surface area contributed by atoms with Crippen LogP contribution in [-0.2, 0) is 5.41 Å². The van der Waals surface area contributed by atoms with Crippen molar-refractivity contribution < 1.29 is 0 Å². The van der Waals surface area contributed by atoms with Crippen LogP contribution in [0.1, 0.15) is 37.7 Å². The summed E-state index contributed by atoms with van der Waals surface area (Å²) in [6.45, 7) is 1.03. The molecule has 1 saturated carbocycles. The normalized spacial score (nSPS) is 21.9. The first-order valence-corrected chi connectivity index (χ1v) is 6.70. The molecule has 16 heavy (non-hydrogen) atoms. The van der Waals surface area contributed by atoms with Crippen LogP contribution >= 0.6 is 23.2 Å². The molecule has 0 bridgehead atoms. The van der Waals surface area contributed by atoms with E-state index in [0.717, 1.165) is 22.3 Å². The third-order valence-electron chi connectivity index (χ3n) is 4.01. The summed E-state index contributed by atoms with van der Waals surface area (Å²) >= 11 is 12.4. The first-order chi connectivity index (χ1) is 7.71. The van der Waals surface area contributed by atoms with E-state index in [2.05, 4.69) is 5.32 Å². The lowest BCUT2D eigenvalue weighted by Crippen LogP contribution is -2.31. The van der Waals surface area contributed by atoms with Crippen LogP contribution in [0.5, 0.6) is 0 Å². The zero-order chi connectivity index (χ0) is 11.2. The molecule has 1 spiro atoms. The van der Waals surface area contributed by atoms with E-state index in [9.17, 15) is 0 Å². The Balaban J connectivity index is 2.10. The number of hydrogen-bond donors (Lipinski definition) is 1. The minimum atomic E-state index is 0.287. The van der Waals surface area contributed by atoms with E-state index in [1.807, 2.05) is 12.1 Å². The van der Waals surface area contributed by atoms with Gasteiger partial charge in [0, 0.05) is 33.3 Å². The summed E-state index contributed by atoms with van der Waals surface area (Å²) in [6.07, 6.45) is 6.52. The number of hydrogen-bond acceptors (Lipinski definition) is 1. The lowest BCUT2D eigenvalue weighted by Gasteiger charge is -2.33. The molecule has 0 atom stereocenters. The van der Waals surface area contributed by atoms with Crippen molar-refractivity contribution in [3.63, 3.8) is 0 Å². The Kier molecular flexibility index (Phi) is 2.56. The van der Waals surface area contributed by atoms with Gasteiger partial charge in [-0.2, -0.15) is 0 Å². The fourth-order valence-corrected chi connectivity index (χ4v) is 3.95. The molecule has 1 aromatic rings. The van der Waals surface area contributed by atoms with Gasteiger partial charge in [0.25, 0.3) is 0 Å². The molecule has 1 aliphatic heterocycles. The zero-order valence-corrected chi connectivity index (χ0v) is 10.7. The second kappa shape index (κ2) is 3.82. The first kappa shape index (κ1) is 10.7. The molecule has 0 saturated heterocycles. The van der Waals surface area contributed by atoms with Gasteiger partial charge in [0.05, 0.1) is 0 Å². The SMILES string of the molecule is Clc1cc(Cl)c2c(c1)NCC21CCCCC1. The van der Waals surface area contributed by atoms with Gasteiger partial charge in [-0.05, 0) is 25.0 Å². The Hall–Kier alpha value is -0.400. The van der Waals surface area contributed by atoms with Crippen LogP contribution in [0.2, 0.25) is 10.0 Å². The highest BCUT2D eigenvalue weighted by Gasteiger charge is 2.41. The van der Waals surface area contributed by atoms with E-state index in [4.69, 9.17) is 23.2 Å². The zero-order valence-electron chi connectivity index (χ0n) is 9.15. The highest BCUT2D eigenvalue weighted by Crippen LogP contribution is 2.50. The Labute approximate surface area is 106 Å². The van der Waals surface area contributed by atoms with Gasteiger partial charge in [-0.3, -0.25) is 0 Å². The maximum absolute atomic E-state index is 6.37. The lowest BCUT2D eigenvalue weighted by molar-refractivity contribution is 0.319. The quantitative estimate of drug-likeness (QED) is 0.714. The smallest absolute Gasteiger partial charge is 0.0479 e. The molecular weight excluding hydrogens is 241 g/mol. The van der Waals surface area contributed by atoms with Crippen LogP contribution < -0.4 is 5.32 Å². The van der Waals surface area contributed by atoms with Crippen LogP contribution in [-0.4, -0.2) is 6.54 Å². The van der Waals surface area contributed by atoms with Crippen LogP contribution in [0.15, 0.2) is 12.1 Å². The Morgan fingerprint density at radius 2 is 1.81 bits per heavy atom. The van der Waals surface area contributed by atoms with E-state index in [1.54, 1.807) is 0 Å². The molecular formula is C13H15Cl2N. The molecule has 0 amide bonds. The maximum Gasteiger partial charge on any atom is 0.0479 e. The van der Waals surface area contributed by atoms with Crippen molar-refractivity contribution in [2.45, 2.75) is 37.5 Å². The molecule has 86 valence electrons. The third kappa shape index (κ3) is 1.53.